The lowest BCUT2D eigenvalue weighted by molar-refractivity contribution is 0.0698. The Bertz CT molecular complexity index is 629. The molecule has 0 aromatic carbocycles. The highest BCUT2D eigenvalue weighted by Crippen LogP contribution is 2.29. The molecule has 2 N–H and O–H groups in total. The Kier molecular flexibility index (Phi) is 3.66. The minimum Gasteiger partial charge on any atom is -0.478 e. The molecule has 0 radical (unpaired) electrons. The number of nitrogens with one attached hydrogen (secondary N) is 1. The molecule has 19 heavy (non-hydrogen) atoms. The fraction of sp³-hybridized carbons (Fsp3) is 0.250. The zero-order chi connectivity index (χ0) is 14.0. The Hall–Kier alpha value is -2.15. The van der Waals surface area contributed by atoms with Crippen LogP contribution in [-0.2, 0) is 6.42 Å². The molecule has 0 aliphatic heterocycles. The first-order valence-corrected chi connectivity index (χ1v) is 6.43. The van der Waals surface area contributed by atoms with Gasteiger partial charge in [0.2, 0.25) is 5.76 Å². The van der Waals surface area contributed by atoms with Gasteiger partial charge in [0, 0.05) is 10.9 Å². The minimum absolute atomic E-state index is 0.0558. The maximum Gasteiger partial charge on any atom is 0.338 e. The number of aromatic nitrogens is 1. The van der Waals surface area contributed by atoms with Crippen LogP contribution in [0.25, 0.3) is 0 Å². The van der Waals surface area contributed by atoms with Gasteiger partial charge in [0.15, 0.2) is 0 Å². The van der Waals surface area contributed by atoms with Gasteiger partial charge in [-0.2, -0.15) is 0 Å². The summed E-state index contributed by atoms with van der Waals surface area (Å²) in [6, 6.07) is 3.05. The van der Waals surface area contributed by atoms with Crippen LogP contribution in [0.4, 0.5) is 5.00 Å². The van der Waals surface area contributed by atoms with E-state index in [1.54, 1.807) is 13.0 Å². The van der Waals surface area contributed by atoms with E-state index in [2.05, 4.69) is 10.5 Å². The Morgan fingerprint density at radius 1 is 1.47 bits per heavy atom. The highest BCUT2D eigenvalue weighted by atomic mass is 32.1. The highest BCUT2D eigenvalue weighted by Gasteiger charge is 2.19. The van der Waals surface area contributed by atoms with Crippen LogP contribution >= 0.6 is 11.3 Å². The van der Waals surface area contributed by atoms with Crippen molar-refractivity contribution in [3.8, 4) is 0 Å². The van der Waals surface area contributed by atoms with Crippen molar-refractivity contribution in [3.05, 3.63) is 34.0 Å². The predicted octanol–water partition coefficient (Wildman–Crippen LogP) is 2.56. The van der Waals surface area contributed by atoms with Gasteiger partial charge in [-0.25, -0.2) is 4.79 Å². The maximum absolute atomic E-state index is 11.9. The first kappa shape index (κ1) is 13.3. The van der Waals surface area contributed by atoms with E-state index in [0.29, 0.717) is 17.1 Å². The van der Waals surface area contributed by atoms with Gasteiger partial charge < -0.3 is 14.9 Å². The van der Waals surface area contributed by atoms with Gasteiger partial charge in [-0.3, -0.25) is 4.79 Å². The number of nitrogens with zero attached hydrogens (tertiary/aromatic N) is 1. The summed E-state index contributed by atoms with van der Waals surface area (Å²) in [6.07, 6.45) is 0.711. The van der Waals surface area contributed by atoms with Crippen molar-refractivity contribution in [2.24, 2.45) is 0 Å². The lowest BCUT2D eigenvalue weighted by atomic mass is 10.2. The number of aryl methyl sites for hydroxylation is 2. The Morgan fingerprint density at radius 3 is 2.74 bits per heavy atom. The number of hydrogen-bond acceptors (Lipinski definition) is 5. The fourth-order valence-electron chi connectivity index (χ4n) is 1.50. The number of aromatic carboxylic acids is 1. The Morgan fingerprint density at radius 2 is 2.21 bits per heavy atom. The SMILES string of the molecule is CCc1cc(C(=O)O)c(NC(=O)c2cc(C)no2)s1. The van der Waals surface area contributed by atoms with Crippen molar-refractivity contribution >= 4 is 28.2 Å². The van der Waals surface area contributed by atoms with Crippen molar-refractivity contribution < 1.29 is 19.2 Å². The summed E-state index contributed by atoms with van der Waals surface area (Å²) in [6.45, 7) is 3.62. The predicted molar refractivity (Wildman–Crippen MR) is 69.8 cm³/mol. The summed E-state index contributed by atoms with van der Waals surface area (Å²) >= 11 is 1.24. The molecule has 2 aromatic heterocycles. The van der Waals surface area contributed by atoms with Crippen LogP contribution in [0.2, 0.25) is 0 Å². The first-order chi connectivity index (χ1) is 9.01. The first-order valence-electron chi connectivity index (χ1n) is 5.62. The summed E-state index contributed by atoms with van der Waals surface area (Å²) in [4.78, 5) is 23.9. The second-order valence-corrected chi connectivity index (χ2v) is 5.04. The summed E-state index contributed by atoms with van der Waals surface area (Å²) in [5.41, 5.74) is 0.676. The number of amides is 1. The quantitative estimate of drug-likeness (QED) is 0.897. The van der Waals surface area contributed by atoms with E-state index in [9.17, 15) is 9.59 Å². The van der Waals surface area contributed by atoms with Crippen LogP contribution in [0, 0.1) is 6.92 Å². The van der Waals surface area contributed by atoms with Gasteiger partial charge in [-0.15, -0.1) is 11.3 Å². The second kappa shape index (κ2) is 5.23. The zero-order valence-electron chi connectivity index (χ0n) is 10.4. The lowest BCUT2D eigenvalue weighted by Crippen LogP contribution is -2.12. The molecule has 2 heterocycles. The van der Waals surface area contributed by atoms with E-state index in [1.807, 2.05) is 6.92 Å². The summed E-state index contributed by atoms with van der Waals surface area (Å²) in [5.74, 6) is -1.52. The smallest absolute Gasteiger partial charge is 0.338 e. The van der Waals surface area contributed by atoms with E-state index in [4.69, 9.17) is 9.63 Å². The molecule has 0 saturated heterocycles. The highest BCUT2D eigenvalue weighted by molar-refractivity contribution is 7.16. The molecule has 0 saturated carbocycles. The molecule has 0 spiro atoms. The molecular weight excluding hydrogens is 268 g/mol. The van der Waals surface area contributed by atoms with Crippen LogP contribution in [0.5, 0.6) is 0 Å². The topological polar surface area (TPSA) is 92.4 Å². The van der Waals surface area contributed by atoms with Crippen molar-refractivity contribution in [2.45, 2.75) is 20.3 Å². The van der Waals surface area contributed by atoms with Gasteiger partial charge in [0.1, 0.15) is 5.00 Å². The normalized spacial score (nSPS) is 10.4. The molecule has 6 nitrogen and oxygen atoms in total. The molecule has 0 atom stereocenters. The van der Waals surface area contributed by atoms with Crippen molar-refractivity contribution in [1.29, 1.82) is 0 Å². The molecule has 2 rings (SSSR count). The van der Waals surface area contributed by atoms with E-state index >= 15 is 0 Å². The fourth-order valence-corrected chi connectivity index (χ4v) is 2.49. The average Bonchev–Trinajstić information content (AvgIpc) is 2.95. The summed E-state index contributed by atoms with van der Waals surface area (Å²) in [5, 5.41) is 15.5. The molecule has 100 valence electrons. The third-order valence-electron chi connectivity index (χ3n) is 2.44. The number of carbonyl (C=O) groups is 2. The van der Waals surface area contributed by atoms with Crippen LogP contribution in [0.3, 0.4) is 0 Å². The molecule has 2 aromatic rings. The van der Waals surface area contributed by atoms with E-state index in [1.165, 1.54) is 17.4 Å². The number of thiophene rings is 1. The molecule has 1 amide bonds. The Balaban J connectivity index is 2.25. The van der Waals surface area contributed by atoms with Crippen LogP contribution in [0.15, 0.2) is 16.7 Å². The van der Waals surface area contributed by atoms with Crippen molar-refractivity contribution in [2.75, 3.05) is 5.32 Å². The maximum atomic E-state index is 11.9. The van der Waals surface area contributed by atoms with E-state index in [0.717, 1.165) is 4.88 Å². The second-order valence-electron chi connectivity index (χ2n) is 3.90. The van der Waals surface area contributed by atoms with Crippen LogP contribution in [0.1, 0.15) is 38.4 Å². The molecule has 0 aliphatic carbocycles. The molecular formula is C12H12N2O4S. The molecule has 7 heteroatoms. The zero-order valence-corrected chi connectivity index (χ0v) is 11.2. The molecule has 0 aliphatic rings. The summed E-state index contributed by atoms with van der Waals surface area (Å²) < 4.78 is 4.83. The number of rotatable bonds is 4. The van der Waals surface area contributed by atoms with Crippen LogP contribution in [-0.4, -0.2) is 22.1 Å². The molecule has 0 fully saturated rings. The van der Waals surface area contributed by atoms with Crippen molar-refractivity contribution in [3.63, 3.8) is 0 Å². The number of carboxylic acids is 1. The van der Waals surface area contributed by atoms with Crippen LogP contribution < -0.4 is 5.32 Å². The molecule has 0 bridgehead atoms. The van der Waals surface area contributed by atoms with Gasteiger partial charge in [0.25, 0.3) is 5.91 Å². The third kappa shape index (κ3) is 2.82. The number of anilines is 1. The van der Waals surface area contributed by atoms with Gasteiger partial charge in [0.05, 0.1) is 11.3 Å². The lowest BCUT2D eigenvalue weighted by Gasteiger charge is -2.00. The molecule has 0 unspecified atom stereocenters. The average molecular weight is 280 g/mol. The standard InChI is InChI=1S/C12H12N2O4S/c1-3-7-5-8(12(16)17)11(19-7)13-10(15)9-4-6(2)14-18-9/h4-5H,3H2,1-2H3,(H,13,15)(H,16,17). The monoisotopic (exact) mass is 280 g/mol. The van der Waals surface area contributed by atoms with Gasteiger partial charge in [-0.05, 0) is 19.4 Å². The van der Waals surface area contributed by atoms with Crippen molar-refractivity contribution in [1.82, 2.24) is 5.16 Å². The number of hydrogen-bond donors (Lipinski definition) is 2. The number of carboxylic acid groups (broad SMARTS) is 1. The minimum atomic E-state index is -1.07. The summed E-state index contributed by atoms with van der Waals surface area (Å²) in [7, 11) is 0. The van der Waals surface area contributed by atoms with E-state index in [-0.39, 0.29) is 11.3 Å². The van der Waals surface area contributed by atoms with E-state index < -0.39 is 11.9 Å². The largest absolute Gasteiger partial charge is 0.478 e. The number of carbonyl (C=O) groups excluding carboxylic acids is 1. The van der Waals surface area contributed by atoms with Gasteiger partial charge >= 0.3 is 5.97 Å². The van der Waals surface area contributed by atoms with Gasteiger partial charge in [-0.1, -0.05) is 12.1 Å². The Labute approximate surface area is 113 Å². The third-order valence-corrected chi connectivity index (χ3v) is 3.64.